The van der Waals surface area contributed by atoms with Gasteiger partial charge in [0.15, 0.2) is 0 Å². The Kier molecular flexibility index (Phi) is 6.65. The van der Waals surface area contributed by atoms with Crippen molar-refractivity contribution in [2.75, 3.05) is 25.0 Å². The molecule has 0 bridgehead atoms. The van der Waals surface area contributed by atoms with Crippen LogP contribution in [0.15, 0.2) is 47.4 Å². The van der Waals surface area contributed by atoms with E-state index in [4.69, 9.17) is 5.26 Å². The molecule has 1 aliphatic rings. The standard InChI is InChI=1S/C22H26N4O4S/c1-15-9-19(27)7-8-21(15)24-22(28)14-25-12-16(2)26(17(3)13-25)31(29,30)20-6-4-5-18(10-20)11-23/h4-10,16-17,27H,12-14H2,1-3H3,(H,24,28)/t16-,17+. The highest BCUT2D eigenvalue weighted by Gasteiger charge is 2.38. The fraction of sp³-hybridized carbons (Fsp3) is 0.364. The molecule has 2 aromatic carbocycles. The maximum Gasteiger partial charge on any atom is 0.243 e. The van der Waals surface area contributed by atoms with Crippen LogP contribution < -0.4 is 5.32 Å². The minimum Gasteiger partial charge on any atom is -0.508 e. The summed E-state index contributed by atoms with van der Waals surface area (Å²) in [7, 11) is -3.77. The maximum atomic E-state index is 13.2. The highest BCUT2D eigenvalue weighted by Crippen LogP contribution is 2.26. The molecule has 8 nitrogen and oxygen atoms in total. The summed E-state index contributed by atoms with van der Waals surface area (Å²) in [5, 5.41) is 21.4. The van der Waals surface area contributed by atoms with E-state index in [2.05, 4.69) is 5.32 Å². The summed E-state index contributed by atoms with van der Waals surface area (Å²) in [4.78, 5) is 14.5. The third-order valence-electron chi connectivity index (χ3n) is 5.30. The van der Waals surface area contributed by atoms with Crippen molar-refractivity contribution in [1.29, 1.82) is 5.26 Å². The first-order chi connectivity index (χ1) is 14.6. The molecule has 0 radical (unpaired) electrons. The molecule has 0 spiro atoms. The number of benzene rings is 2. The Balaban J connectivity index is 1.69. The first kappa shape index (κ1) is 22.7. The molecule has 2 aromatic rings. The van der Waals surface area contributed by atoms with Gasteiger partial charge in [0.05, 0.1) is 23.1 Å². The van der Waals surface area contributed by atoms with E-state index in [0.717, 1.165) is 5.56 Å². The van der Waals surface area contributed by atoms with E-state index in [0.29, 0.717) is 24.3 Å². The summed E-state index contributed by atoms with van der Waals surface area (Å²) in [5.41, 5.74) is 1.68. The Morgan fingerprint density at radius 2 is 1.87 bits per heavy atom. The minimum atomic E-state index is -3.77. The van der Waals surface area contributed by atoms with Crippen LogP contribution in [-0.4, -0.2) is 60.4 Å². The molecule has 1 fully saturated rings. The number of aromatic hydroxyl groups is 1. The number of rotatable bonds is 5. The SMILES string of the molecule is Cc1cc(O)ccc1NC(=O)CN1C[C@@H](C)N(S(=O)(=O)c2cccc(C#N)c2)[C@@H](C)C1. The van der Waals surface area contributed by atoms with Crippen LogP contribution in [0.3, 0.4) is 0 Å². The molecule has 2 N–H and O–H groups in total. The van der Waals surface area contributed by atoms with E-state index in [9.17, 15) is 18.3 Å². The number of carbonyl (C=O) groups excluding carboxylic acids is 1. The Morgan fingerprint density at radius 3 is 2.48 bits per heavy atom. The van der Waals surface area contributed by atoms with Crippen LogP contribution in [0, 0.1) is 18.3 Å². The smallest absolute Gasteiger partial charge is 0.243 e. The fourth-order valence-electron chi connectivity index (χ4n) is 4.05. The van der Waals surface area contributed by atoms with E-state index in [1.165, 1.54) is 22.5 Å². The van der Waals surface area contributed by atoms with Crippen molar-refractivity contribution in [2.24, 2.45) is 0 Å². The van der Waals surface area contributed by atoms with Gasteiger partial charge in [-0.1, -0.05) is 6.07 Å². The molecular weight excluding hydrogens is 416 g/mol. The zero-order chi connectivity index (χ0) is 22.8. The van der Waals surface area contributed by atoms with Gasteiger partial charge >= 0.3 is 0 Å². The van der Waals surface area contributed by atoms with Crippen molar-refractivity contribution < 1.29 is 18.3 Å². The average molecular weight is 443 g/mol. The number of amides is 1. The molecule has 0 saturated carbocycles. The summed E-state index contributed by atoms with van der Waals surface area (Å²) in [6.45, 7) is 6.37. The third kappa shape index (κ3) is 5.05. The van der Waals surface area contributed by atoms with Crippen LogP contribution in [-0.2, 0) is 14.8 Å². The number of phenolic OH excluding ortho intramolecular Hbond substituents is 1. The van der Waals surface area contributed by atoms with Crippen LogP contribution in [0.1, 0.15) is 25.0 Å². The largest absolute Gasteiger partial charge is 0.508 e. The number of carbonyl (C=O) groups is 1. The van der Waals surface area contributed by atoms with Gasteiger partial charge in [-0.05, 0) is 62.7 Å². The van der Waals surface area contributed by atoms with Gasteiger partial charge in [0.1, 0.15) is 5.75 Å². The highest BCUT2D eigenvalue weighted by atomic mass is 32.2. The molecule has 0 unspecified atom stereocenters. The number of phenols is 1. The van der Waals surface area contributed by atoms with Gasteiger partial charge in [-0.3, -0.25) is 9.69 Å². The van der Waals surface area contributed by atoms with E-state index < -0.39 is 10.0 Å². The zero-order valence-electron chi connectivity index (χ0n) is 17.7. The first-order valence-corrected chi connectivity index (χ1v) is 11.4. The van der Waals surface area contributed by atoms with Crippen molar-refractivity contribution in [3.63, 3.8) is 0 Å². The van der Waals surface area contributed by atoms with Crippen molar-refractivity contribution in [3.05, 3.63) is 53.6 Å². The number of nitriles is 1. The molecule has 1 saturated heterocycles. The van der Waals surface area contributed by atoms with Crippen LogP contribution in [0.25, 0.3) is 0 Å². The van der Waals surface area contributed by atoms with Crippen molar-refractivity contribution in [1.82, 2.24) is 9.21 Å². The lowest BCUT2D eigenvalue weighted by molar-refractivity contribution is -0.118. The molecule has 1 heterocycles. The van der Waals surface area contributed by atoms with Gasteiger partial charge in [-0.25, -0.2) is 8.42 Å². The van der Waals surface area contributed by atoms with Gasteiger partial charge in [0, 0.05) is 30.9 Å². The lowest BCUT2D eigenvalue weighted by Gasteiger charge is -2.43. The summed E-state index contributed by atoms with van der Waals surface area (Å²) in [5.74, 6) is -0.0676. The van der Waals surface area contributed by atoms with Crippen molar-refractivity contribution in [3.8, 4) is 11.8 Å². The predicted octanol–water partition coefficient (Wildman–Crippen LogP) is 2.29. The monoisotopic (exact) mass is 442 g/mol. The normalized spacial score (nSPS) is 20.2. The molecule has 9 heteroatoms. The number of nitrogens with zero attached hydrogens (tertiary/aromatic N) is 3. The Labute approximate surface area is 182 Å². The van der Waals surface area contributed by atoms with E-state index in [-0.39, 0.29) is 35.2 Å². The summed E-state index contributed by atoms with van der Waals surface area (Å²) in [6.07, 6.45) is 0. The van der Waals surface area contributed by atoms with Crippen molar-refractivity contribution in [2.45, 2.75) is 37.8 Å². The molecular formula is C22H26N4O4S. The second-order valence-electron chi connectivity index (χ2n) is 7.91. The number of hydrogen-bond acceptors (Lipinski definition) is 6. The molecule has 164 valence electrons. The second kappa shape index (κ2) is 9.06. The molecule has 31 heavy (non-hydrogen) atoms. The Hall–Kier alpha value is -2.93. The maximum absolute atomic E-state index is 13.2. The van der Waals surface area contributed by atoms with Gasteiger partial charge in [0.2, 0.25) is 15.9 Å². The molecule has 0 aromatic heterocycles. The van der Waals surface area contributed by atoms with E-state index in [1.54, 1.807) is 31.2 Å². The van der Waals surface area contributed by atoms with Crippen LogP contribution in [0.2, 0.25) is 0 Å². The topological polar surface area (TPSA) is 114 Å². The molecule has 1 aliphatic heterocycles. The number of piperazine rings is 1. The summed E-state index contributed by atoms with van der Waals surface area (Å²) < 4.78 is 27.9. The fourth-order valence-corrected chi connectivity index (χ4v) is 5.90. The summed E-state index contributed by atoms with van der Waals surface area (Å²) in [6, 6.07) is 12.0. The predicted molar refractivity (Wildman–Crippen MR) is 117 cm³/mol. The lowest BCUT2D eigenvalue weighted by Crippen LogP contribution is -2.59. The van der Waals surface area contributed by atoms with Gasteiger partial charge in [0.25, 0.3) is 0 Å². The Morgan fingerprint density at radius 1 is 1.19 bits per heavy atom. The summed E-state index contributed by atoms with van der Waals surface area (Å²) >= 11 is 0. The number of nitrogens with one attached hydrogen (secondary N) is 1. The molecule has 3 rings (SSSR count). The third-order valence-corrected chi connectivity index (χ3v) is 7.43. The number of aryl methyl sites for hydroxylation is 1. The molecule has 1 amide bonds. The Bertz CT molecular complexity index is 1110. The van der Waals surface area contributed by atoms with E-state index in [1.807, 2.05) is 24.8 Å². The molecule has 2 atom stereocenters. The number of hydrogen-bond donors (Lipinski definition) is 2. The van der Waals surface area contributed by atoms with Crippen LogP contribution >= 0.6 is 0 Å². The average Bonchev–Trinajstić information content (AvgIpc) is 2.69. The zero-order valence-corrected chi connectivity index (χ0v) is 18.6. The lowest BCUT2D eigenvalue weighted by atomic mass is 10.1. The van der Waals surface area contributed by atoms with Crippen LogP contribution in [0.4, 0.5) is 5.69 Å². The quantitative estimate of drug-likeness (QED) is 0.687. The van der Waals surface area contributed by atoms with Crippen molar-refractivity contribution >= 4 is 21.6 Å². The second-order valence-corrected chi connectivity index (χ2v) is 9.76. The highest BCUT2D eigenvalue weighted by molar-refractivity contribution is 7.89. The van der Waals surface area contributed by atoms with Crippen LogP contribution in [0.5, 0.6) is 5.75 Å². The molecule has 0 aliphatic carbocycles. The van der Waals surface area contributed by atoms with Gasteiger partial charge in [-0.2, -0.15) is 9.57 Å². The number of anilines is 1. The minimum absolute atomic E-state index is 0.0965. The van der Waals surface area contributed by atoms with E-state index >= 15 is 0 Å². The van der Waals surface area contributed by atoms with Gasteiger partial charge < -0.3 is 10.4 Å². The number of sulfonamides is 1. The van der Waals surface area contributed by atoms with Gasteiger partial charge in [-0.15, -0.1) is 0 Å². The first-order valence-electron chi connectivity index (χ1n) is 9.97.